The van der Waals surface area contributed by atoms with E-state index < -0.39 is 0 Å². The van der Waals surface area contributed by atoms with E-state index in [0.29, 0.717) is 25.1 Å². The van der Waals surface area contributed by atoms with Gasteiger partial charge in [-0.3, -0.25) is 14.5 Å². The molecule has 0 aliphatic carbocycles. The fourth-order valence-electron chi connectivity index (χ4n) is 2.99. The van der Waals surface area contributed by atoms with Crippen LogP contribution in [-0.4, -0.2) is 66.0 Å². The Balaban J connectivity index is 1.59. The summed E-state index contributed by atoms with van der Waals surface area (Å²) >= 11 is 1.54. The maximum absolute atomic E-state index is 12.7. The van der Waals surface area contributed by atoms with Gasteiger partial charge in [0.15, 0.2) is 0 Å². The summed E-state index contributed by atoms with van der Waals surface area (Å²) in [6.45, 7) is 4.90. The molecule has 1 fully saturated rings. The lowest BCUT2D eigenvalue weighted by molar-refractivity contribution is -0.142. The molecule has 7 heteroatoms. The first kappa shape index (κ1) is 16.9. The Bertz CT molecular complexity index is 738. The molecular formula is C17H21N3O3S. The highest BCUT2D eigenvalue weighted by molar-refractivity contribution is 7.16. The maximum Gasteiger partial charge on any atom is 0.307 e. The number of benzene rings is 1. The van der Waals surface area contributed by atoms with Crippen LogP contribution in [0.2, 0.25) is 0 Å². The number of carbonyl (C=O) groups is 2. The van der Waals surface area contributed by atoms with Crippen LogP contribution in [0.15, 0.2) is 23.7 Å². The van der Waals surface area contributed by atoms with Gasteiger partial charge in [0, 0.05) is 37.8 Å². The highest BCUT2D eigenvalue weighted by Gasteiger charge is 2.26. The summed E-state index contributed by atoms with van der Waals surface area (Å²) in [5.41, 5.74) is 3.43. The van der Waals surface area contributed by atoms with Gasteiger partial charge in [0.25, 0.3) is 5.91 Å². The van der Waals surface area contributed by atoms with Crippen molar-refractivity contribution in [3.05, 3.63) is 29.3 Å². The zero-order valence-corrected chi connectivity index (χ0v) is 14.7. The van der Waals surface area contributed by atoms with Crippen molar-refractivity contribution in [2.45, 2.75) is 19.4 Å². The number of nitrogens with zero attached hydrogens (tertiary/aromatic N) is 3. The number of hydrogen-bond donors (Lipinski definition) is 0. The number of ether oxygens (including phenoxy) is 1. The number of hydrogen-bond acceptors (Lipinski definition) is 6. The number of piperazine rings is 1. The van der Waals surface area contributed by atoms with E-state index in [4.69, 9.17) is 4.74 Å². The summed E-state index contributed by atoms with van der Waals surface area (Å²) in [4.78, 5) is 32.4. The average molecular weight is 347 g/mol. The van der Waals surface area contributed by atoms with E-state index in [0.717, 1.165) is 23.3 Å². The van der Waals surface area contributed by atoms with Crippen LogP contribution in [0.5, 0.6) is 0 Å². The van der Waals surface area contributed by atoms with Crippen molar-refractivity contribution in [2.24, 2.45) is 0 Å². The summed E-state index contributed by atoms with van der Waals surface area (Å²) in [7, 11) is 1.41. The quantitative estimate of drug-likeness (QED) is 0.792. The molecule has 1 amide bonds. The minimum absolute atomic E-state index is 0.0607. The van der Waals surface area contributed by atoms with E-state index in [1.54, 1.807) is 16.8 Å². The summed E-state index contributed by atoms with van der Waals surface area (Å²) in [6.07, 6.45) is 0.381. The van der Waals surface area contributed by atoms with Gasteiger partial charge in [0.1, 0.15) is 0 Å². The predicted molar refractivity (Wildman–Crippen MR) is 93.2 cm³/mol. The van der Waals surface area contributed by atoms with Crippen molar-refractivity contribution in [1.82, 2.24) is 14.8 Å². The van der Waals surface area contributed by atoms with E-state index in [2.05, 4.69) is 9.88 Å². The number of aromatic nitrogens is 1. The molecule has 1 saturated heterocycles. The van der Waals surface area contributed by atoms with Gasteiger partial charge >= 0.3 is 5.97 Å². The Morgan fingerprint density at radius 3 is 2.75 bits per heavy atom. The second kappa shape index (κ2) is 7.27. The molecule has 0 N–H and O–H groups in total. The normalized spacial score (nSPS) is 17.0. The monoisotopic (exact) mass is 347 g/mol. The molecule has 2 aromatic rings. The van der Waals surface area contributed by atoms with Gasteiger partial charge in [-0.25, -0.2) is 4.98 Å². The summed E-state index contributed by atoms with van der Waals surface area (Å²) < 4.78 is 5.76. The molecule has 128 valence electrons. The first-order chi connectivity index (χ1) is 11.6. The largest absolute Gasteiger partial charge is 0.469 e. The van der Waals surface area contributed by atoms with Crippen molar-refractivity contribution in [3.8, 4) is 0 Å². The topological polar surface area (TPSA) is 62.7 Å². The van der Waals surface area contributed by atoms with Crippen molar-refractivity contribution in [1.29, 1.82) is 0 Å². The molecule has 1 aromatic carbocycles. The molecule has 0 bridgehead atoms. The number of carbonyl (C=O) groups excluding carboxylic acids is 2. The lowest BCUT2D eigenvalue weighted by Crippen LogP contribution is -2.51. The zero-order chi connectivity index (χ0) is 17.1. The molecule has 0 saturated carbocycles. The van der Waals surface area contributed by atoms with E-state index >= 15 is 0 Å². The van der Waals surface area contributed by atoms with E-state index in [1.165, 1.54) is 7.11 Å². The number of rotatable bonds is 4. The van der Waals surface area contributed by atoms with E-state index in [9.17, 15) is 9.59 Å². The van der Waals surface area contributed by atoms with Crippen LogP contribution in [0.1, 0.15) is 23.7 Å². The Hall–Kier alpha value is -1.99. The fraction of sp³-hybridized carbons (Fsp3) is 0.471. The Morgan fingerprint density at radius 1 is 1.29 bits per heavy atom. The lowest BCUT2D eigenvalue weighted by atomic mass is 10.1. The molecule has 6 nitrogen and oxygen atoms in total. The van der Waals surface area contributed by atoms with Crippen LogP contribution in [-0.2, 0) is 9.53 Å². The van der Waals surface area contributed by atoms with Crippen LogP contribution >= 0.6 is 11.3 Å². The third-order valence-electron chi connectivity index (χ3n) is 4.49. The smallest absolute Gasteiger partial charge is 0.307 e. The Morgan fingerprint density at radius 2 is 2.04 bits per heavy atom. The highest BCUT2D eigenvalue weighted by Crippen LogP contribution is 2.20. The Labute approximate surface area is 145 Å². The zero-order valence-electron chi connectivity index (χ0n) is 13.9. The number of esters is 1. The van der Waals surface area contributed by atoms with Gasteiger partial charge < -0.3 is 9.64 Å². The molecule has 2 heterocycles. The number of thiazole rings is 1. The molecule has 24 heavy (non-hydrogen) atoms. The number of fused-ring (bicyclic) bond motifs is 1. The van der Waals surface area contributed by atoms with Gasteiger partial charge in [-0.15, -0.1) is 11.3 Å². The minimum atomic E-state index is -0.195. The predicted octanol–water partition coefficient (Wildman–Crippen LogP) is 2.01. The molecule has 1 aromatic heterocycles. The van der Waals surface area contributed by atoms with Crippen molar-refractivity contribution < 1.29 is 14.3 Å². The third kappa shape index (κ3) is 3.57. The molecule has 1 unspecified atom stereocenters. The van der Waals surface area contributed by atoms with Gasteiger partial charge in [-0.1, -0.05) is 0 Å². The average Bonchev–Trinajstić information content (AvgIpc) is 3.08. The van der Waals surface area contributed by atoms with Crippen LogP contribution < -0.4 is 0 Å². The number of amides is 1. The second-order valence-electron chi connectivity index (χ2n) is 5.99. The van der Waals surface area contributed by atoms with Gasteiger partial charge in [0.2, 0.25) is 0 Å². The molecule has 1 aliphatic heterocycles. The van der Waals surface area contributed by atoms with Gasteiger partial charge in [-0.2, -0.15) is 0 Å². The lowest BCUT2D eigenvalue weighted by Gasteiger charge is -2.37. The highest BCUT2D eigenvalue weighted by atomic mass is 32.1. The molecule has 1 aliphatic rings. The molecule has 1 atom stereocenters. The van der Waals surface area contributed by atoms with Crippen LogP contribution in [0.4, 0.5) is 0 Å². The van der Waals surface area contributed by atoms with E-state index in [1.807, 2.05) is 30.0 Å². The first-order valence-electron chi connectivity index (χ1n) is 8.02. The fourth-order valence-corrected chi connectivity index (χ4v) is 3.71. The van der Waals surface area contributed by atoms with E-state index in [-0.39, 0.29) is 17.9 Å². The van der Waals surface area contributed by atoms with Gasteiger partial charge in [0.05, 0.1) is 29.3 Å². The molecule has 0 spiro atoms. The van der Waals surface area contributed by atoms with Crippen LogP contribution in [0.3, 0.4) is 0 Å². The number of methoxy groups -OCH3 is 1. The summed E-state index contributed by atoms with van der Waals surface area (Å²) in [6, 6.07) is 5.79. The molecule has 0 radical (unpaired) electrons. The van der Waals surface area contributed by atoms with Crippen molar-refractivity contribution in [3.63, 3.8) is 0 Å². The van der Waals surface area contributed by atoms with Crippen LogP contribution in [0, 0.1) is 0 Å². The Kier molecular flexibility index (Phi) is 5.11. The molecular weight excluding hydrogens is 326 g/mol. The van der Waals surface area contributed by atoms with Crippen molar-refractivity contribution >= 4 is 33.4 Å². The summed E-state index contributed by atoms with van der Waals surface area (Å²) in [5.74, 6) is -0.135. The third-order valence-corrected chi connectivity index (χ3v) is 5.28. The standard InChI is InChI=1S/C17H21N3O3S/c1-12(9-16(21)23-2)19-5-7-20(8-6-19)17(22)13-3-4-14-15(10-13)24-11-18-14/h3-4,10-12H,5-9H2,1-2H3. The second-order valence-corrected chi connectivity index (χ2v) is 6.88. The summed E-state index contributed by atoms with van der Waals surface area (Å²) in [5, 5.41) is 0. The molecule has 3 rings (SSSR count). The van der Waals surface area contributed by atoms with Crippen molar-refractivity contribution in [2.75, 3.05) is 33.3 Å². The van der Waals surface area contributed by atoms with Crippen LogP contribution in [0.25, 0.3) is 10.2 Å². The first-order valence-corrected chi connectivity index (χ1v) is 8.90. The maximum atomic E-state index is 12.7. The SMILES string of the molecule is COC(=O)CC(C)N1CCN(C(=O)c2ccc3ncsc3c2)CC1. The minimum Gasteiger partial charge on any atom is -0.469 e. The van der Waals surface area contributed by atoms with Gasteiger partial charge in [-0.05, 0) is 25.1 Å².